The third kappa shape index (κ3) is 3.22. The maximum Gasteiger partial charge on any atom is 0.0325 e. The molecule has 1 aliphatic rings. The van der Waals surface area contributed by atoms with Crippen molar-refractivity contribution in [3.8, 4) is 0 Å². The molecule has 84 valence electrons. The average Bonchev–Trinajstić information content (AvgIpc) is 2.84. The number of hydrogen-bond acceptors (Lipinski definition) is 3. The molecule has 0 radical (unpaired) electrons. The number of thiophene rings is 1. The fraction of sp³-hybridized carbons (Fsp3) is 0.636. The van der Waals surface area contributed by atoms with Crippen molar-refractivity contribution in [2.75, 3.05) is 19.3 Å². The smallest absolute Gasteiger partial charge is 0.0325 e. The molecule has 0 atom stereocenters. The van der Waals surface area contributed by atoms with Crippen LogP contribution in [0.1, 0.15) is 17.7 Å². The summed E-state index contributed by atoms with van der Waals surface area (Å²) in [5.41, 5.74) is 0.534. The lowest BCUT2D eigenvalue weighted by atomic mass is 10.1. The molecule has 1 aromatic heterocycles. The standard InChI is InChI=1S/C11H16BrNS2/c1-13(7-11(8-14)2-3-11)5-10-4-9(12)6-15-10/h4,6,14H,2-3,5,7-8H2,1H3. The van der Waals surface area contributed by atoms with Crippen molar-refractivity contribution in [1.29, 1.82) is 0 Å². The molecule has 0 bridgehead atoms. The van der Waals surface area contributed by atoms with Crippen molar-refractivity contribution in [1.82, 2.24) is 4.90 Å². The Morgan fingerprint density at radius 2 is 2.33 bits per heavy atom. The van der Waals surface area contributed by atoms with Gasteiger partial charge in [0.2, 0.25) is 0 Å². The van der Waals surface area contributed by atoms with Gasteiger partial charge in [0, 0.05) is 27.8 Å². The van der Waals surface area contributed by atoms with Gasteiger partial charge in [-0.05, 0) is 53.1 Å². The van der Waals surface area contributed by atoms with Crippen LogP contribution < -0.4 is 0 Å². The zero-order chi connectivity index (χ0) is 10.9. The first-order chi connectivity index (χ1) is 7.13. The second-order valence-electron chi connectivity index (χ2n) is 4.56. The van der Waals surface area contributed by atoms with E-state index < -0.39 is 0 Å². The molecule has 1 nitrogen and oxygen atoms in total. The van der Waals surface area contributed by atoms with E-state index in [1.54, 1.807) is 0 Å². The second kappa shape index (κ2) is 4.78. The molecular formula is C11H16BrNS2. The Kier molecular flexibility index (Phi) is 3.81. The first kappa shape index (κ1) is 12.0. The van der Waals surface area contributed by atoms with E-state index in [0.29, 0.717) is 5.41 Å². The van der Waals surface area contributed by atoms with E-state index in [0.717, 1.165) is 12.3 Å². The van der Waals surface area contributed by atoms with Gasteiger partial charge in [-0.3, -0.25) is 0 Å². The molecule has 2 rings (SSSR count). The Morgan fingerprint density at radius 3 is 2.80 bits per heavy atom. The van der Waals surface area contributed by atoms with Crippen molar-refractivity contribution in [2.45, 2.75) is 19.4 Å². The van der Waals surface area contributed by atoms with Gasteiger partial charge < -0.3 is 4.90 Å². The minimum Gasteiger partial charge on any atom is -0.301 e. The van der Waals surface area contributed by atoms with Gasteiger partial charge in [0.15, 0.2) is 0 Å². The summed E-state index contributed by atoms with van der Waals surface area (Å²) in [5.74, 6) is 1.03. The molecule has 1 heterocycles. The molecule has 0 aliphatic heterocycles. The van der Waals surface area contributed by atoms with Crippen molar-refractivity contribution < 1.29 is 0 Å². The highest BCUT2D eigenvalue weighted by molar-refractivity contribution is 9.10. The second-order valence-corrected chi connectivity index (χ2v) is 6.79. The van der Waals surface area contributed by atoms with Gasteiger partial charge in [-0.1, -0.05) is 0 Å². The lowest BCUT2D eigenvalue weighted by molar-refractivity contribution is 0.272. The summed E-state index contributed by atoms with van der Waals surface area (Å²) < 4.78 is 1.20. The molecule has 0 saturated heterocycles. The fourth-order valence-electron chi connectivity index (χ4n) is 1.87. The van der Waals surface area contributed by atoms with Gasteiger partial charge in [-0.15, -0.1) is 11.3 Å². The minimum absolute atomic E-state index is 0.534. The van der Waals surface area contributed by atoms with Crippen LogP contribution in [0.2, 0.25) is 0 Å². The maximum atomic E-state index is 4.44. The molecule has 4 heteroatoms. The lowest BCUT2D eigenvalue weighted by Crippen LogP contribution is -2.27. The molecule has 1 aromatic rings. The summed E-state index contributed by atoms with van der Waals surface area (Å²) in [7, 11) is 2.21. The van der Waals surface area contributed by atoms with E-state index in [4.69, 9.17) is 0 Å². The van der Waals surface area contributed by atoms with Crippen LogP contribution in [0, 0.1) is 5.41 Å². The summed E-state index contributed by atoms with van der Waals surface area (Å²) in [4.78, 5) is 3.85. The summed E-state index contributed by atoms with van der Waals surface area (Å²) in [6, 6.07) is 2.21. The quantitative estimate of drug-likeness (QED) is 0.813. The number of halogens is 1. The van der Waals surface area contributed by atoms with Crippen LogP contribution in [-0.2, 0) is 6.54 Å². The molecule has 0 unspecified atom stereocenters. The van der Waals surface area contributed by atoms with E-state index >= 15 is 0 Å². The third-order valence-electron chi connectivity index (χ3n) is 2.95. The number of nitrogens with zero attached hydrogens (tertiary/aromatic N) is 1. The molecular weight excluding hydrogens is 290 g/mol. The van der Waals surface area contributed by atoms with Crippen LogP contribution in [-0.4, -0.2) is 24.2 Å². The summed E-state index contributed by atoms with van der Waals surface area (Å²) in [6.07, 6.45) is 2.71. The molecule has 0 aromatic carbocycles. The molecule has 1 saturated carbocycles. The Labute approximate surface area is 109 Å². The van der Waals surface area contributed by atoms with Gasteiger partial charge in [-0.25, -0.2) is 0 Å². The Morgan fingerprint density at radius 1 is 1.60 bits per heavy atom. The van der Waals surface area contributed by atoms with E-state index in [1.807, 2.05) is 11.3 Å². The number of thiol groups is 1. The highest BCUT2D eigenvalue weighted by Crippen LogP contribution is 2.47. The van der Waals surface area contributed by atoms with Crippen LogP contribution in [0.4, 0.5) is 0 Å². The Balaban J connectivity index is 1.84. The topological polar surface area (TPSA) is 3.24 Å². The molecule has 0 spiro atoms. The van der Waals surface area contributed by atoms with Crippen LogP contribution in [0.25, 0.3) is 0 Å². The van der Waals surface area contributed by atoms with E-state index in [2.05, 4.69) is 52.0 Å². The summed E-state index contributed by atoms with van der Waals surface area (Å²) in [6.45, 7) is 2.25. The largest absolute Gasteiger partial charge is 0.301 e. The summed E-state index contributed by atoms with van der Waals surface area (Å²) >= 11 is 9.75. The molecule has 0 amide bonds. The monoisotopic (exact) mass is 305 g/mol. The van der Waals surface area contributed by atoms with Crippen molar-refractivity contribution in [3.05, 3.63) is 20.8 Å². The first-order valence-corrected chi connectivity index (χ1v) is 7.46. The fourth-order valence-corrected chi connectivity index (χ4v) is 3.82. The van der Waals surface area contributed by atoms with Gasteiger partial charge in [0.05, 0.1) is 0 Å². The van der Waals surface area contributed by atoms with Crippen LogP contribution in [0.5, 0.6) is 0 Å². The molecule has 15 heavy (non-hydrogen) atoms. The number of rotatable bonds is 5. The SMILES string of the molecule is CN(Cc1cc(Br)cs1)CC1(CS)CC1. The molecule has 1 fully saturated rings. The van der Waals surface area contributed by atoms with Crippen molar-refractivity contribution in [3.63, 3.8) is 0 Å². The number of hydrogen-bond donors (Lipinski definition) is 1. The van der Waals surface area contributed by atoms with E-state index in [-0.39, 0.29) is 0 Å². The zero-order valence-electron chi connectivity index (χ0n) is 8.87. The average molecular weight is 306 g/mol. The van der Waals surface area contributed by atoms with Crippen LogP contribution in [0.15, 0.2) is 15.9 Å². The first-order valence-electron chi connectivity index (χ1n) is 5.16. The van der Waals surface area contributed by atoms with E-state index in [1.165, 1.54) is 28.7 Å². The van der Waals surface area contributed by atoms with Gasteiger partial charge in [0.1, 0.15) is 0 Å². The van der Waals surface area contributed by atoms with Crippen LogP contribution >= 0.6 is 39.9 Å². The third-order valence-corrected chi connectivity index (χ3v) is 5.30. The van der Waals surface area contributed by atoms with Crippen molar-refractivity contribution >= 4 is 39.9 Å². The Bertz CT molecular complexity index is 333. The lowest BCUT2D eigenvalue weighted by Gasteiger charge is -2.21. The maximum absolute atomic E-state index is 4.44. The predicted octanol–water partition coefficient (Wildman–Crippen LogP) is 3.65. The van der Waals surface area contributed by atoms with Gasteiger partial charge >= 0.3 is 0 Å². The normalized spacial score (nSPS) is 18.4. The van der Waals surface area contributed by atoms with Crippen LogP contribution in [0.3, 0.4) is 0 Å². The highest BCUT2D eigenvalue weighted by Gasteiger charge is 2.41. The Hall–Kier alpha value is 0.490. The zero-order valence-corrected chi connectivity index (χ0v) is 12.2. The van der Waals surface area contributed by atoms with Gasteiger partial charge in [-0.2, -0.15) is 12.6 Å². The van der Waals surface area contributed by atoms with E-state index in [9.17, 15) is 0 Å². The van der Waals surface area contributed by atoms with Crippen molar-refractivity contribution in [2.24, 2.45) is 5.41 Å². The van der Waals surface area contributed by atoms with Gasteiger partial charge in [0.25, 0.3) is 0 Å². The highest BCUT2D eigenvalue weighted by atomic mass is 79.9. The summed E-state index contributed by atoms with van der Waals surface area (Å²) in [5, 5.41) is 2.15. The predicted molar refractivity (Wildman–Crippen MR) is 73.9 cm³/mol. The molecule has 0 N–H and O–H groups in total. The minimum atomic E-state index is 0.534. The molecule has 1 aliphatic carbocycles.